The summed E-state index contributed by atoms with van der Waals surface area (Å²) in [5.74, 6) is -0.801. The molecule has 0 bridgehead atoms. The van der Waals surface area contributed by atoms with E-state index in [0.717, 1.165) is 32.4 Å². The minimum atomic E-state index is -0.674. The van der Waals surface area contributed by atoms with Gasteiger partial charge in [-0.15, -0.1) is 0 Å². The number of amides is 1. The van der Waals surface area contributed by atoms with Crippen LogP contribution in [0.3, 0.4) is 0 Å². The fourth-order valence-electron chi connectivity index (χ4n) is 3.35. The number of rotatable bonds is 2. The highest BCUT2D eigenvalue weighted by Gasteiger charge is 2.37. The molecule has 1 amide bonds. The van der Waals surface area contributed by atoms with E-state index in [0.29, 0.717) is 25.0 Å². The molecule has 2 atom stereocenters. The average molecular weight is 308 g/mol. The average Bonchev–Trinajstić information content (AvgIpc) is 2.89. The number of ether oxygens (including phenoxy) is 1. The number of hydrogen-bond acceptors (Lipinski definition) is 4. The second-order valence-corrected chi connectivity index (χ2v) is 6.07. The Morgan fingerprint density at radius 2 is 2.05 bits per heavy atom. The van der Waals surface area contributed by atoms with Crippen molar-refractivity contribution < 1.29 is 19.0 Å². The van der Waals surface area contributed by atoms with Crippen LogP contribution in [0.2, 0.25) is 0 Å². The van der Waals surface area contributed by atoms with Crippen molar-refractivity contribution in [3.05, 3.63) is 29.6 Å². The molecule has 2 aliphatic rings. The molecule has 2 aliphatic heterocycles. The van der Waals surface area contributed by atoms with Gasteiger partial charge in [0.25, 0.3) is 5.91 Å². The van der Waals surface area contributed by atoms with Crippen molar-refractivity contribution in [1.82, 2.24) is 9.80 Å². The Morgan fingerprint density at radius 1 is 1.32 bits per heavy atom. The number of carbonyl (C=O) groups excluding carboxylic acids is 1. The van der Waals surface area contributed by atoms with Crippen molar-refractivity contribution in [3.63, 3.8) is 0 Å². The van der Waals surface area contributed by atoms with Gasteiger partial charge in [0.15, 0.2) is 0 Å². The Balaban J connectivity index is 1.71. The molecule has 0 saturated carbocycles. The number of benzene rings is 1. The zero-order chi connectivity index (χ0) is 15.7. The third kappa shape index (κ3) is 2.94. The van der Waals surface area contributed by atoms with Crippen molar-refractivity contribution >= 4 is 5.91 Å². The molecule has 1 aromatic rings. The van der Waals surface area contributed by atoms with Gasteiger partial charge in [0, 0.05) is 38.3 Å². The number of aromatic hydroxyl groups is 1. The maximum absolute atomic E-state index is 13.9. The summed E-state index contributed by atoms with van der Waals surface area (Å²) >= 11 is 0. The minimum absolute atomic E-state index is 0.0210. The molecule has 120 valence electrons. The summed E-state index contributed by atoms with van der Waals surface area (Å²) in [6.07, 6.45) is 0. The predicted molar refractivity (Wildman–Crippen MR) is 79.3 cm³/mol. The third-order valence-electron chi connectivity index (χ3n) is 4.56. The smallest absolute Gasteiger partial charge is 0.256 e. The summed E-state index contributed by atoms with van der Waals surface area (Å²) in [5.41, 5.74) is 0.0210. The van der Waals surface area contributed by atoms with E-state index in [4.69, 9.17) is 4.74 Å². The van der Waals surface area contributed by atoms with E-state index in [1.54, 1.807) is 4.90 Å². The number of hydrogen-bond donors (Lipinski definition) is 1. The first-order valence-corrected chi connectivity index (χ1v) is 7.66. The van der Waals surface area contributed by atoms with E-state index in [9.17, 15) is 14.3 Å². The van der Waals surface area contributed by atoms with Crippen LogP contribution in [0.5, 0.6) is 5.75 Å². The van der Waals surface area contributed by atoms with Crippen LogP contribution in [-0.2, 0) is 4.74 Å². The zero-order valence-corrected chi connectivity index (χ0v) is 12.7. The highest BCUT2D eigenvalue weighted by Crippen LogP contribution is 2.25. The lowest BCUT2D eigenvalue weighted by molar-refractivity contribution is 0.0119. The Hall–Kier alpha value is -1.66. The lowest BCUT2D eigenvalue weighted by Gasteiger charge is -2.34. The molecule has 0 aliphatic carbocycles. The van der Waals surface area contributed by atoms with E-state index in [-0.39, 0.29) is 17.2 Å². The van der Waals surface area contributed by atoms with Crippen LogP contribution in [0.4, 0.5) is 4.39 Å². The first kappa shape index (κ1) is 15.2. The van der Waals surface area contributed by atoms with Gasteiger partial charge < -0.3 is 14.7 Å². The van der Waals surface area contributed by atoms with Gasteiger partial charge in [0.2, 0.25) is 0 Å². The molecule has 22 heavy (non-hydrogen) atoms. The number of likely N-dealkylation sites (tertiary alicyclic amines) is 1. The second-order valence-electron chi connectivity index (χ2n) is 6.07. The molecule has 1 aromatic carbocycles. The van der Waals surface area contributed by atoms with Crippen molar-refractivity contribution in [2.45, 2.75) is 13.0 Å². The topological polar surface area (TPSA) is 53.0 Å². The largest absolute Gasteiger partial charge is 0.508 e. The SMILES string of the molecule is C[C@H]1CN(C(=O)c2ccc(O)cc2F)C[C@H]1N1CCOCC1. The highest BCUT2D eigenvalue weighted by atomic mass is 19.1. The van der Waals surface area contributed by atoms with Gasteiger partial charge in [-0.25, -0.2) is 4.39 Å². The maximum atomic E-state index is 13.9. The summed E-state index contributed by atoms with van der Waals surface area (Å²) in [4.78, 5) is 16.6. The van der Waals surface area contributed by atoms with E-state index >= 15 is 0 Å². The van der Waals surface area contributed by atoms with Gasteiger partial charge >= 0.3 is 0 Å². The molecule has 3 rings (SSSR count). The molecule has 0 spiro atoms. The van der Waals surface area contributed by atoms with Crippen molar-refractivity contribution in [1.29, 1.82) is 0 Å². The van der Waals surface area contributed by atoms with Gasteiger partial charge in [0.1, 0.15) is 11.6 Å². The van der Waals surface area contributed by atoms with Crippen LogP contribution in [0, 0.1) is 11.7 Å². The van der Waals surface area contributed by atoms with Crippen LogP contribution in [0.25, 0.3) is 0 Å². The molecule has 6 heteroatoms. The lowest BCUT2D eigenvalue weighted by Crippen LogP contribution is -2.47. The minimum Gasteiger partial charge on any atom is -0.508 e. The van der Waals surface area contributed by atoms with Gasteiger partial charge in [-0.1, -0.05) is 6.92 Å². The number of phenols is 1. The maximum Gasteiger partial charge on any atom is 0.256 e. The molecule has 0 aromatic heterocycles. The number of morpholine rings is 1. The monoisotopic (exact) mass is 308 g/mol. The molecule has 2 heterocycles. The van der Waals surface area contributed by atoms with Crippen LogP contribution >= 0.6 is 0 Å². The molecule has 2 saturated heterocycles. The number of phenolic OH excluding ortho intramolecular Hbond substituents is 1. The van der Waals surface area contributed by atoms with Gasteiger partial charge in [-0.05, 0) is 18.1 Å². The number of nitrogens with zero attached hydrogens (tertiary/aromatic N) is 2. The Morgan fingerprint density at radius 3 is 2.73 bits per heavy atom. The van der Waals surface area contributed by atoms with Crippen LogP contribution in [0.1, 0.15) is 17.3 Å². The molecule has 5 nitrogen and oxygen atoms in total. The fraction of sp³-hybridized carbons (Fsp3) is 0.562. The summed E-state index contributed by atoms with van der Waals surface area (Å²) < 4.78 is 19.2. The van der Waals surface area contributed by atoms with Crippen molar-refractivity contribution in [2.75, 3.05) is 39.4 Å². The summed E-state index contributed by atoms with van der Waals surface area (Å²) in [5, 5.41) is 9.26. The lowest BCUT2D eigenvalue weighted by atomic mass is 10.0. The van der Waals surface area contributed by atoms with Gasteiger partial charge in [-0.2, -0.15) is 0 Å². The van der Waals surface area contributed by atoms with Crippen LogP contribution < -0.4 is 0 Å². The second kappa shape index (κ2) is 6.22. The Bertz CT molecular complexity index is 560. The first-order valence-electron chi connectivity index (χ1n) is 7.66. The molecule has 0 unspecified atom stereocenters. The molecular weight excluding hydrogens is 287 g/mol. The van der Waals surface area contributed by atoms with E-state index in [1.165, 1.54) is 12.1 Å². The standard InChI is InChI=1S/C16H21FN2O3/c1-11-9-19(10-15(11)18-4-6-22-7-5-18)16(21)13-3-2-12(20)8-14(13)17/h2-3,8,11,15,20H,4-7,9-10H2,1H3/t11-,15+/m0/s1. The Labute approximate surface area is 129 Å². The molecule has 0 radical (unpaired) electrons. The number of halogens is 1. The van der Waals surface area contributed by atoms with E-state index < -0.39 is 5.82 Å². The molecule has 1 N–H and O–H groups in total. The number of carbonyl (C=O) groups is 1. The van der Waals surface area contributed by atoms with Crippen LogP contribution in [-0.4, -0.2) is 66.2 Å². The normalized spacial score (nSPS) is 26.4. The molecule has 2 fully saturated rings. The van der Waals surface area contributed by atoms with E-state index in [1.807, 2.05) is 0 Å². The first-order chi connectivity index (χ1) is 10.6. The summed E-state index contributed by atoms with van der Waals surface area (Å²) in [6, 6.07) is 3.97. The quantitative estimate of drug-likeness (QED) is 0.895. The zero-order valence-electron chi connectivity index (χ0n) is 12.7. The fourth-order valence-corrected chi connectivity index (χ4v) is 3.35. The third-order valence-corrected chi connectivity index (χ3v) is 4.56. The predicted octanol–water partition coefficient (Wildman–Crippen LogP) is 1.32. The van der Waals surface area contributed by atoms with E-state index in [2.05, 4.69) is 11.8 Å². The van der Waals surface area contributed by atoms with Crippen molar-refractivity contribution in [3.8, 4) is 5.75 Å². The highest BCUT2D eigenvalue weighted by molar-refractivity contribution is 5.94. The Kier molecular flexibility index (Phi) is 4.31. The van der Waals surface area contributed by atoms with Gasteiger partial charge in [0.05, 0.1) is 18.8 Å². The molecular formula is C16H21FN2O3. The van der Waals surface area contributed by atoms with Crippen LogP contribution in [0.15, 0.2) is 18.2 Å². The van der Waals surface area contributed by atoms with Crippen molar-refractivity contribution in [2.24, 2.45) is 5.92 Å². The summed E-state index contributed by atoms with van der Waals surface area (Å²) in [6.45, 7) is 6.57. The summed E-state index contributed by atoms with van der Waals surface area (Å²) in [7, 11) is 0. The van der Waals surface area contributed by atoms with Gasteiger partial charge in [-0.3, -0.25) is 9.69 Å².